The summed E-state index contributed by atoms with van der Waals surface area (Å²) >= 11 is 0. The minimum Gasteiger partial charge on any atom is -0.493 e. The van der Waals surface area contributed by atoms with Gasteiger partial charge in [-0.05, 0) is 42.2 Å². The Hall–Kier alpha value is -3.96. The van der Waals surface area contributed by atoms with Crippen molar-refractivity contribution in [3.8, 4) is 5.75 Å². The lowest BCUT2D eigenvalue weighted by Gasteiger charge is -2.34. The van der Waals surface area contributed by atoms with Crippen LogP contribution in [0, 0.1) is 5.92 Å². The Kier molecular flexibility index (Phi) is 10.6. The van der Waals surface area contributed by atoms with E-state index in [9.17, 15) is 24.3 Å². The zero-order valence-corrected chi connectivity index (χ0v) is 27.5. The molecule has 4 amide bonds. The van der Waals surface area contributed by atoms with Crippen molar-refractivity contribution in [1.29, 1.82) is 0 Å². The van der Waals surface area contributed by atoms with Crippen molar-refractivity contribution in [2.24, 2.45) is 5.92 Å². The molecule has 0 radical (unpaired) electrons. The van der Waals surface area contributed by atoms with Crippen molar-refractivity contribution in [2.45, 2.75) is 57.5 Å². The molecular formula is C35H48N5O6+. The van der Waals surface area contributed by atoms with Gasteiger partial charge in [-0.15, -0.1) is 0 Å². The highest BCUT2D eigenvalue weighted by atomic mass is 16.5. The smallest absolute Gasteiger partial charge is 0.326 e. The summed E-state index contributed by atoms with van der Waals surface area (Å²) in [7, 11) is 5.67. The fourth-order valence-electron chi connectivity index (χ4n) is 7.15. The average Bonchev–Trinajstić information content (AvgIpc) is 3.64. The van der Waals surface area contributed by atoms with Crippen LogP contribution >= 0.6 is 0 Å². The number of nitrogens with zero attached hydrogens (tertiary/aromatic N) is 4. The number of amides is 4. The van der Waals surface area contributed by atoms with Crippen LogP contribution in [0.4, 0.5) is 10.5 Å². The molecule has 2 saturated heterocycles. The van der Waals surface area contributed by atoms with Gasteiger partial charge in [0.05, 0.1) is 33.2 Å². The molecule has 0 spiro atoms. The highest BCUT2D eigenvalue weighted by Crippen LogP contribution is 2.41. The van der Waals surface area contributed by atoms with Crippen molar-refractivity contribution >= 4 is 29.5 Å². The summed E-state index contributed by atoms with van der Waals surface area (Å²) in [5.41, 5.74) is 4.00. The fraction of sp³-hybridized carbons (Fsp3) is 0.543. The number of unbranched alkanes of at least 4 members (excludes halogenated alkanes) is 1. The quantitative estimate of drug-likeness (QED) is 0.348. The molecule has 2 aromatic carbocycles. The van der Waals surface area contributed by atoms with Gasteiger partial charge >= 0.3 is 12.0 Å². The Morgan fingerprint density at radius 3 is 2.65 bits per heavy atom. The van der Waals surface area contributed by atoms with Gasteiger partial charge in [-0.25, -0.2) is 4.79 Å². The topological polar surface area (TPSA) is 115 Å². The first-order valence-corrected chi connectivity index (χ1v) is 16.5. The van der Waals surface area contributed by atoms with Crippen LogP contribution in [0.15, 0.2) is 42.5 Å². The second kappa shape index (κ2) is 14.6. The Morgan fingerprint density at radius 2 is 1.91 bits per heavy atom. The Bertz CT molecular complexity index is 1450. The van der Waals surface area contributed by atoms with Crippen LogP contribution in [0.3, 0.4) is 0 Å². The van der Waals surface area contributed by atoms with E-state index in [1.54, 1.807) is 4.90 Å². The number of quaternary nitrogens is 1. The van der Waals surface area contributed by atoms with E-state index >= 15 is 0 Å². The van der Waals surface area contributed by atoms with E-state index in [1.165, 1.54) is 11.9 Å². The van der Waals surface area contributed by atoms with Crippen LogP contribution in [0.25, 0.3) is 0 Å². The Labute approximate surface area is 271 Å². The molecule has 0 aromatic heterocycles. The lowest BCUT2D eigenvalue weighted by atomic mass is 9.83. The molecular weight excluding hydrogens is 586 g/mol. The molecule has 2 N–H and O–H groups in total. The predicted octanol–water partition coefficient (Wildman–Crippen LogP) is 2.24. The van der Waals surface area contributed by atoms with Gasteiger partial charge in [-0.1, -0.05) is 37.6 Å². The number of carbonyl (C=O) groups excluding carboxylic acids is 3. The lowest BCUT2D eigenvalue weighted by molar-refractivity contribution is -0.872. The number of likely N-dealkylation sites (tertiary alicyclic amines) is 1. The number of hydrogen-bond acceptors (Lipinski definition) is 6. The van der Waals surface area contributed by atoms with Crippen molar-refractivity contribution in [3.63, 3.8) is 0 Å². The van der Waals surface area contributed by atoms with Gasteiger partial charge in [0.1, 0.15) is 12.3 Å². The molecule has 46 heavy (non-hydrogen) atoms. The Balaban J connectivity index is 1.43. The number of anilines is 1. The largest absolute Gasteiger partial charge is 0.493 e. The monoisotopic (exact) mass is 634 g/mol. The molecule has 0 saturated carbocycles. The van der Waals surface area contributed by atoms with Crippen molar-refractivity contribution in [3.05, 3.63) is 59.2 Å². The minimum absolute atomic E-state index is 0.0677. The van der Waals surface area contributed by atoms with Gasteiger partial charge < -0.3 is 24.5 Å². The van der Waals surface area contributed by atoms with Crippen LogP contribution in [0.1, 0.15) is 55.2 Å². The maximum Gasteiger partial charge on any atom is 0.326 e. The van der Waals surface area contributed by atoms with E-state index in [-0.39, 0.29) is 36.7 Å². The number of hydrogen-bond donors (Lipinski definition) is 2. The Morgan fingerprint density at radius 1 is 1.11 bits per heavy atom. The first-order valence-electron chi connectivity index (χ1n) is 16.5. The number of ether oxygens (including phenoxy) is 1. The van der Waals surface area contributed by atoms with Crippen molar-refractivity contribution < 1.29 is 33.9 Å². The number of aliphatic carboxylic acids is 1. The molecule has 3 aliphatic rings. The predicted molar refractivity (Wildman–Crippen MR) is 174 cm³/mol. The fourth-order valence-corrected chi connectivity index (χ4v) is 7.15. The third kappa shape index (κ3) is 7.36. The highest BCUT2D eigenvalue weighted by molar-refractivity contribution is 5.96. The summed E-state index contributed by atoms with van der Waals surface area (Å²) in [4.78, 5) is 60.1. The zero-order chi connectivity index (χ0) is 33.0. The summed E-state index contributed by atoms with van der Waals surface area (Å²) in [5, 5.41) is 10.7. The SMILES string of the molecule is CCCCN(C(=O)CN1C[C@H](c2ccc3c(c2)CCO3)[C@@H](C(=O)O)[C@@H]1CCN1CCC(=O)N(C)C1=O)c1cccc(C[NH+](C)C)c1. The molecule has 2 fully saturated rings. The number of urea groups is 1. The number of nitrogens with one attached hydrogen (secondary N) is 1. The van der Waals surface area contributed by atoms with Crippen molar-refractivity contribution in [2.75, 3.05) is 65.4 Å². The van der Waals surface area contributed by atoms with Crippen LogP contribution < -0.4 is 14.5 Å². The maximum absolute atomic E-state index is 14.2. The molecule has 3 heterocycles. The summed E-state index contributed by atoms with van der Waals surface area (Å²) in [6, 6.07) is 13.2. The molecule has 2 aromatic rings. The third-order valence-corrected chi connectivity index (χ3v) is 9.55. The van der Waals surface area contributed by atoms with Gasteiger partial charge in [0.15, 0.2) is 0 Å². The molecule has 0 unspecified atom stereocenters. The van der Waals surface area contributed by atoms with Gasteiger partial charge in [0.25, 0.3) is 0 Å². The molecule has 11 heteroatoms. The number of fused-ring (bicyclic) bond motifs is 1. The maximum atomic E-state index is 14.2. The summed E-state index contributed by atoms with van der Waals surface area (Å²) in [6.07, 6.45) is 3.17. The van der Waals surface area contributed by atoms with E-state index < -0.39 is 17.9 Å². The van der Waals surface area contributed by atoms with Gasteiger partial charge in [0, 0.05) is 69.3 Å². The number of benzene rings is 2. The number of carboxylic acids is 1. The number of carbonyl (C=O) groups is 4. The first kappa shape index (κ1) is 33.4. The summed E-state index contributed by atoms with van der Waals surface area (Å²) < 4.78 is 5.70. The molecule has 0 aliphatic carbocycles. The molecule has 3 atom stereocenters. The van der Waals surface area contributed by atoms with Crippen LogP contribution in [0.5, 0.6) is 5.75 Å². The third-order valence-electron chi connectivity index (χ3n) is 9.55. The highest BCUT2D eigenvalue weighted by Gasteiger charge is 2.47. The second-order valence-electron chi connectivity index (χ2n) is 13.1. The standard InChI is InChI=1S/C35H47N5O6/c1-5-6-15-40(27-9-7-8-24(19-27)21-36(2)3)32(42)23-39-22-28(25-10-11-30-26(20-25)14-18-46-30)33(34(43)44)29(39)12-16-38-17-13-31(41)37(4)35(38)45/h7-11,19-20,28-29,33H,5-6,12-18,21-23H2,1-4H3,(H,43,44)/p+1/t28-,29+,33-/m1/s1. The molecule has 0 bridgehead atoms. The average molecular weight is 635 g/mol. The van der Waals surface area contributed by atoms with E-state index in [1.807, 2.05) is 34.1 Å². The number of rotatable bonds is 13. The van der Waals surface area contributed by atoms with Crippen LogP contribution in [-0.4, -0.2) is 110 Å². The van der Waals surface area contributed by atoms with E-state index in [2.05, 4.69) is 39.2 Å². The molecule has 5 rings (SSSR count). The van der Waals surface area contributed by atoms with Crippen LogP contribution in [0.2, 0.25) is 0 Å². The minimum atomic E-state index is -0.916. The number of carboxylic acid groups (broad SMARTS) is 1. The van der Waals surface area contributed by atoms with Crippen LogP contribution in [-0.2, 0) is 27.3 Å². The summed E-state index contributed by atoms with van der Waals surface area (Å²) in [5.74, 6) is -1.48. The number of imide groups is 1. The molecule has 3 aliphatic heterocycles. The zero-order valence-electron chi connectivity index (χ0n) is 27.5. The molecule has 11 nitrogen and oxygen atoms in total. The van der Waals surface area contributed by atoms with Gasteiger partial charge in [-0.3, -0.25) is 24.2 Å². The van der Waals surface area contributed by atoms with E-state index in [0.717, 1.165) is 58.8 Å². The van der Waals surface area contributed by atoms with E-state index in [0.29, 0.717) is 39.2 Å². The van der Waals surface area contributed by atoms with Gasteiger partial charge in [0.2, 0.25) is 11.8 Å². The van der Waals surface area contributed by atoms with E-state index in [4.69, 9.17) is 4.74 Å². The lowest BCUT2D eigenvalue weighted by Crippen LogP contribution is -3.04. The second-order valence-corrected chi connectivity index (χ2v) is 13.1. The van der Waals surface area contributed by atoms with Gasteiger partial charge in [-0.2, -0.15) is 0 Å². The normalized spacial score (nSPS) is 21.5. The first-order chi connectivity index (χ1) is 22.1. The van der Waals surface area contributed by atoms with Crippen molar-refractivity contribution in [1.82, 2.24) is 14.7 Å². The molecule has 248 valence electrons. The summed E-state index contributed by atoms with van der Waals surface area (Å²) in [6.45, 7) is 5.20.